The first kappa shape index (κ1) is 102. The Hall–Kier alpha value is -15.8. The molecule has 1 amide bonds. The molecule has 0 aliphatic carbocycles. The Labute approximate surface area is 829 Å². The van der Waals surface area contributed by atoms with E-state index in [9.17, 15) is 23.1 Å². The van der Waals surface area contributed by atoms with Gasteiger partial charge in [-0.05, 0) is 111 Å². The number of nitrogens with one attached hydrogen (secondary N) is 2. The predicted octanol–water partition coefficient (Wildman–Crippen LogP) is 16.9. The van der Waals surface area contributed by atoms with E-state index in [1.54, 1.807) is 156 Å². The SMILES string of the molecule is COc1cc(OC)c(Cl)c(N(CCNC(C)C)c2ccc3ncc(-c4cnn(C)c4)nc3c2)c1.COc1cc(OC)cc(N(CCCn2cccn2)c2ccc3ncc(-c4cnn(C)c4)nc3c2)c1.COc1cc(OC)cc(N(CCN)c2ccc3ncc(-c4cnn(CC5CCOCC5)c4)nc3c2)c1.COc1cc(OC)cc(N(CNC(=O)C(C)(O)C(F)(F)F)c2ccc3ncc(-c4cnn(C)c4)nc3c2)c1. The van der Waals surface area contributed by atoms with Gasteiger partial charge in [-0.15, -0.1) is 0 Å². The van der Waals surface area contributed by atoms with E-state index in [1.165, 1.54) is 19.1 Å². The maximum Gasteiger partial charge on any atom is 0.426 e. The lowest BCUT2D eigenvalue weighted by atomic mass is 10.0. The number of nitrogens with two attached hydrogens (primary N) is 1. The molecule has 5 N–H and O–H groups in total. The van der Waals surface area contributed by atoms with Gasteiger partial charge in [0, 0.05) is 247 Å². The molecule has 1 fully saturated rings. The number of anilines is 8. The first-order valence-corrected chi connectivity index (χ1v) is 46.3. The van der Waals surface area contributed by atoms with Crippen molar-refractivity contribution in [3.8, 4) is 91.0 Å². The topological polar surface area (TPSA) is 376 Å². The van der Waals surface area contributed by atoms with Gasteiger partial charge >= 0.3 is 6.18 Å². The van der Waals surface area contributed by atoms with Crippen molar-refractivity contribution in [2.75, 3.05) is 129 Å². The summed E-state index contributed by atoms with van der Waals surface area (Å²) >= 11 is 6.77. The molecule has 18 rings (SSSR count). The maximum atomic E-state index is 13.2. The Bertz CT molecular complexity index is 7130. The zero-order valence-electron chi connectivity index (χ0n) is 81.7. The lowest BCUT2D eigenvalue weighted by molar-refractivity contribution is -0.245. The van der Waals surface area contributed by atoms with Crippen LogP contribution in [0.5, 0.6) is 46.0 Å². The summed E-state index contributed by atoms with van der Waals surface area (Å²) in [6.45, 7) is 10.9. The second-order valence-corrected chi connectivity index (χ2v) is 34.3. The summed E-state index contributed by atoms with van der Waals surface area (Å²) in [6.07, 6.45) is 23.4. The lowest BCUT2D eigenvalue weighted by Crippen LogP contribution is -2.56. The van der Waals surface area contributed by atoms with Gasteiger partial charge < -0.3 is 83.7 Å². The number of hydrogen-bond donors (Lipinski definition) is 4. The number of fused-ring (bicyclic) bond motifs is 4. The normalized spacial score (nSPS) is 12.5. The summed E-state index contributed by atoms with van der Waals surface area (Å²) in [6, 6.07) is 45.8. The number of carbonyl (C=O) groups is 1. The molecule has 1 atom stereocenters. The molecular weight excluding hydrogens is 1860 g/mol. The minimum atomic E-state index is -5.16. The average molecular weight is 1970 g/mol. The molecular formula is C103H113ClF3N25O11. The van der Waals surface area contributed by atoms with Crippen LogP contribution >= 0.6 is 11.6 Å². The molecule has 8 aromatic carbocycles. The van der Waals surface area contributed by atoms with Crippen LogP contribution in [0.3, 0.4) is 0 Å². The van der Waals surface area contributed by atoms with E-state index in [-0.39, 0.29) is 0 Å². The highest BCUT2D eigenvalue weighted by Gasteiger charge is 2.56. The van der Waals surface area contributed by atoms with Crippen molar-refractivity contribution in [2.24, 2.45) is 32.8 Å². The highest BCUT2D eigenvalue weighted by atomic mass is 35.5. The monoisotopic (exact) mass is 1970 g/mol. The number of alkyl halides is 3. The van der Waals surface area contributed by atoms with Crippen molar-refractivity contribution in [3.63, 3.8) is 0 Å². The summed E-state index contributed by atoms with van der Waals surface area (Å²) in [5.74, 6) is 3.93. The van der Waals surface area contributed by atoms with Crippen LogP contribution in [0, 0.1) is 5.92 Å². The highest BCUT2D eigenvalue weighted by Crippen LogP contribution is 2.44. The summed E-state index contributed by atoms with van der Waals surface area (Å²) < 4.78 is 97.9. The second-order valence-electron chi connectivity index (χ2n) is 33.9. The molecule has 0 spiro atoms. The molecule has 0 radical (unpaired) electrons. The van der Waals surface area contributed by atoms with Crippen molar-refractivity contribution in [1.29, 1.82) is 0 Å². The van der Waals surface area contributed by atoms with Crippen LogP contribution in [0.25, 0.3) is 89.2 Å². The van der Waals surface area contributed by atoms with Crippen LogP contribution in [-0.4, -0.2) is 227 Å². The summed E-state index contributed by atoms with van der Waals surface area (Å²) in [5.41, 5.74) is 21.3. The average Bonchev–Trinajstić information content (AvgIpc) is 1.28. The molecule has 143 heavy (non-hydrogen) atoms. The number of aromatic nitrogens is 18. The Kier molecular flexibility index (Phi) is 33.0. The van der Waals surface area contributed by atoms with E-state index >= 15 is 0 Å². The Morgan fingerprint density at radius 3 is 1.24 bits per heavy atom. The van der Waals surface area contributed by atoms with E-state index in [1.807, 2.05) is 145 Å². The Morgan fingerprint density at radius 1 is 0.476 bits per heavy atom. The number of nitrogens with zero attached hydrogens (tertiary/aromatic N) is 22. The molecule has 744 valence electrons. The number of amides is 1. The number of rotatable bonds is 35. The fourth-order valence-electron chi connectivity index (χ4n) is 15.9. The van der Waals surface area contributed by atoms with Crippen LogP contribution in [0.2, 0.25) is 5.02 Å². The van der Waals surface area contributed by atoms with Gasteiger partial charge in [-0.1, -0.05) is 25.4 Å². The van der Waals surface area contributed by atoms with Gasteiger partial charge in [-0.25, -0.2) is 19.9 Å². The summed E-state index contributed by atoms with van der Waals surface area (Å²) in [4.78, 5) is 58.0. The molecule has 10 heterocycles. The fraction of sp³-hybridized carbons (Fsp3) is 0.301. The first-order chi connectivity index (χ1) is 69.1. The molecule has 36 nitrogen and oxygen atoms in total. The van der Waals surface area contributed by atoms with Crippen LogP contribution in [0.15, 0.2) is 232 Å². The van der Waals surface area contributed by atoms with Gasteiger partial charge in [-0.2, -0.15) is 38.7 Å². The smallest absolute Gasteiger partial charge is 0.426 e. The lowest BCUT2D eigenvalue weighted by Gasteiger charge is -2.29. The molecule has 1 aliphatic heterocycles. The minimum Gasteiger partial charge on any atom is -0.497 e. The van der Waals surface area contributed by atoms with E-state index in [4.69, 9.17) is 74.9 Å². The second kappa shape index (κ2) is 46.5. The van der Waals surface area contributed by atoms with Crippen molar-refractivity contribution < 1.29 is 65.7 Å². The van der Waals surface area contributed by atoms with Gasteiger partial charge in [0.25, 0.3) is 5.91 Å². The number of carbonyl (C=O) groups excluding carboxylic acids is 1. The first-order valence-electron chi connectivity index (χ1n) is 46.0. The number of ether oxygens (including phenoxy) is 9. The molecule has 1 aliphatic rings. The van der Waals surface area contributed by atoms with Crippen LogP contribution in [0.4, 0.5) is 58.7 Å². The van der Waals surface area contributed by atoms with Crippen molar-refractivity contribution in [2.45, 2.75) is 70.9 Å². The Balaban J connectivity index is 0.000000144. The molecule has 1 saturated heterocycles. The van der Waals surface area contributed by atoms with E-state index in [0.29, 0.717) is 106 Å². The molecule has 40 heteroatoms. The van der Waals surface area contributed by atoms with Crippen molar-refractivity contribution in [1.82, 2.24) is 99.4 Å². The van der Waals surface area contributed by atoms with Gasteiger partial charge in [0.15, 0.2) is 0 Å². The zero-order chi connectivity index (χ0) is 101. The highest BCUT2D eigenvalue weighted by molar-refractivity contribution is 6.35. The van der Waals surface area contributed by atoms with Gasteiger partial charge in [-0.3, -0.25) is 48.1 Å². The van der Waals surface area contributed by atoms with E-state index in [2.05, 4.69) is 108 Å². The molecule has 1 unspecified atom stereocenters. The molecule has 0 saturated carbocycles. The third-order valence-electron chi connectivity index (χ3n) is 23.7. The van der Waals surface area contributed by atoms with Crippen LogP contribution in [0.1, 0.15) is 40.0 Å². The third-order valence-corrected chi connectivity index (χ3v) is 24.1. The predicted molar refractivity (Wildman–Crippen MR) is 545 cm³/mol. The number of halogens is 4. The quantitative estimate of drug-likeness (QED) is 0.0268. The minimum absolute atomic E-state index is 0.363. The molecule has 9 aromatic heterocycles. The maximum absolute atomic E-state index is 13.2. The summed E-state index contributed by atoms with van der Waals surface area (Å²) in [7, 11) is 18.3. The van der Waals surface area contributed by atoms with Gasteiger partial charge in [0.1, 0.15) is 51.0 Å². The number of benzene rings is 8. The summed E-state index contributed by atoms with van der Waals surface area (Å²) in [5, 5.41) is 37.5. The van der Waals surface area contributed by atoms with E-state index < -0.39 is 24.4 Å². The van der Waals surface area contributed by atoms with Crippen molar-refractivity contribution >= 4 is 107 Å². The van der Waals surface area contributed by atoms with Gasteiger partial charge in [0.05, 0.1) is 191 Å². The zero-order valence-corrected chi connectivity index (χ0v) is 82.5. The van der Waals surface area contributed by atoms with Crippen LogP contribution < -0.4 is 73.9 Å². The van der Waals surface area contributed by atoms with Crippen LogP contribution in [-0.2, 0) is 43.8 Å². The largest absolute Gasteiger partial charge is 0.497 e. The standard InChI is InChI=1S/C27H32N6O3.C26H27N7O2.C25H29ClN6O2.C25H25F3N6O4/c1-34-23-11-22(12-24(14-23)35-2)33(8-7-28)21-3-4-25-26(13-21)31-27(16-29-25)20-15-30-32(18-20)17-19-5-9-36-10-6-19;1-31-18-19(16-29-31)26-17-27-24-7-6-20(14-25(24)30-26)33(11-5-10-32-9-4-8-28-32)21-12-22(34-2)15-23(13-21)35-3;1-16(2)27-8-9-32(23-11-19(33-4)12-24(34-5)25(23)26)18-6-7-20-21(10-18)30-22(14-28-20)17-13-29-31(3)15-17;1-24(36,25(26,27)28)23(35)30-14-34(17-7-18(37-3)10-19(8-17)38-4)16-5-6-20-21(9-16)32-22(12-29-20)15-11-31-33(2)13-15/h3-4,11-16,18-19H,5-10,17,28H2,1-2H3;4,6-9,12-18H,5,10-11H2,1-3H3;6-7,10-16,27H,8-9H2,1-5H3;5-13,36H,14H2,1-4H3,(H,30,35). The van der Waals surface area contributed by atoms with Crippen molar-refractivity contribution in [3.05, 3.63) is 237 Å². The molecule has 0 bridgehead atoms. The number of hydrogen-bond acceptors (Lipinski definition) is 30. The number of methoxy groups -OCH3 is 8. The molecule has 17 aromatic rings. The third kappa shape index (κ3) is 25.1. The number of aliphatic hydroxyl groups is 1. The Morgan fingerprint density at radius 2 is 0.867 bits per heavy atom. The van der Waals surface area contributed by atoms with E-state index in [0.717, 1.165) is 177 Å². The number of aryl methyl sites for hydroxylation is 4. The fourth-order valence-corrected chi connectivity index (χ4v) is 16.2. The van der Waals surface area contributed by atoms with Gasteiger partial charge in [0.2, 0.25) is 5.60 Å².